The minimum atomic E-state index is -0.348. The summed E-state index contributed by atoms with van der Waals surface area (Å²) in [5.74, 6) is -0.599. The van der Waals surface area contributed by atoms with Crippen molar-refractivity contribution in [3.05, 3.63) is 27.4 Å². The third-order valence-corrected chi connectivity index (χ3v) is 3.05. The van der Waals surface area contributed by atoms with Crippen LogP contribution in [0.1, 0.15) is 11.3 Å². The summed E-state index contributed by atoms with van der Waals surface area (Å²) in [5.41, 5.74) is 0. The number of thiophene rings is 1. The van der Waals surface area contributed by atoms with Gasteiger partial charge in [0, 0.05) is 17.5 Å². The van der Waals surface area contributed by atoms with Crippen LogP contribution >= 0.6 is 22.9 Å². The Kier molecular flexibility index (Phi) is 5.72. The predicted octanol–water partition coefficient (Wildman–Crippen LogP) is 2.09. The van der Waals surface area contributed by atoms with Crippen LogP contribution in [0, 0.1) is 0 Å². The maximum absolute atomic E-state index is 11.3. The van der Waals surface area contributed by atoms with Crippen LogP contribution in [0.3, 0.4) is 0 Å². The Morgan fingerprint density at radius 2 is 2.29 bits per heavy atom. The number of esters is 1. The molecule has 1 N–H and O–H groups in total. The number of hydrogen-bond donors (Lipinski definition) is 1. The Morgan fingerprint density at radius 1 is 1.53 bits per heavy atom. The summed E-state index contributed by atoms with van der Waals surface area (Å²) in [6, 6.07) is 3.59. The van der Waals surface area contributed by atoms with Gasteiger partial charge >= 0.3 is 5.97 Å². The minimum absolute atomic E-state index is 0.168. The van der Waals surface area contributed by atoms with Gasteiger partial charge in [-0.2, -0.15) is 0 Å². The van der Waals surface area contributed by atoms with Gasteiger partial charge in [0.1, 0.15) is 0 Å². The van der Waals surface area contributed by atoms with E-state index in [1.807, 2.05) is 6.07 Å². The predicted molar refractivity (Wildman–Crippen MR) is 68.0 cm³/mol. The van der Waals surface area contributed by atoms with Crippen LogP contribution < -0.4 is 5.32 Å². The van der Waals surface area contributed by atoms with E-state index >= 15 is 0 Å². The van der Waals surface area contributed by atoms with Gasteiger partial charge < -0.3 is 10.1 Å². The number of methoxy groups -OCH3 is 1. The first kappa shape index (κ1) is 13.7. The largest absolute Gasteiger partial charge is 0.469 e. The number of amides is 1. The average Bonchev–Trinajstić information content (AvgIpc) is 2.72. The van der Waals surface area contributed by atoms with Crippen LogP contribution in [0.5, 0.6) is 0 Å². The molecule has 0 bridgehead atoms. The number of halogens is 1. The number of hydrogen-bond acceptors (Lipinski definition) is 4. The zero-order valence-electron chi connectivity index (χ0n) is 9.23. The summed E-state index contributed by atoms with van der Waals surface area (Å²) in [5, 5.41) is 2.57. The molecule has 0 unspecified atom stereocenters. The van der Waals surface area contributed by atoms with Crippen molar-refractivity contribution < 1.29 is 14.3 Å². The van der Waals surface area contributed by atoms with E-state index < -0.39 is 0 Å². The Morgan fingerprint density at radius 3 is 2.88 bits per heavy atom. The standard InChI is InChI=1S/C11H12ClNO3S/c1-16-11(15)6-7-13-10(14)5-3-8-2-4-9(12)17-8/h2-5H,6-7H2,1H3,(H,13,14). The number of ether oxygens (including phenoxy) is 1. The van der Waals surface area contributed by atoms with Gasteiger partial charge in [-0.05, 0) is 18.2 Å². The number of nitrogens with one attached hydrogen (secondary N) is 1. The van der Waals surface area contributed by atoms with E-state index in [1.165, 1.54) is 24.5 Å². The molecule has 1 amide bonds. The van der Waals surface area contributed by atoms with Crippen LogP contribution in [0.25, 0.3) is 6.08 Å². The van der Waals surface area contributed by atoms with Crippen molar-refractivity contribution in [1.82, 2.24) is 5.32 Å². The van der Waals surface area contributed by atoms with Crippen LogP contribution in [-0.2, 0) is 14.3 Å². The SMILES string of the molecule is COC(=O)CCNC(=O)C=Cc1ccc(Cl)s1. The van der Waals surface area contributed by atoms with Crippen molar-refractivity contribution in [3.63, 3.8) is 0 Å². The molecule has 1 aromatic rings. The molecule has 4 nitrogen and oxygen atoms in total. The fourth-order valence-electron chi connectivity index (χ4n) is 1.02. The smallest absolute Gasteiger partial charge is 0.307 e. The minimum Gasteiger partial charge on any atom is -0.469 e. The van der Waals surface area contributed by atoms with Crippen molar-refractivity contribution in [2.24, 2.45) is 0 Å². The highest BCUT2D eigenvalue weighted by Gasteiger charge is 2.01. The molecule has 0 spiro atoms. The van der Waals surface area contributed by atoms with Crippen molar-refractivity contribution in [2.75, 3.05) is 13.7 Å². The molecule has 0 fully saturated rings. The molecule has 0 aliphatic heterocycles. The highest BCUT2D eigenvalue weighted by atomic mass is 35.5. The quantitative estimate of drug-likeness (QED) is 0.660. The highest BCUT2D eigenvalue weighted by molar-refractivity contribution is 7.17. The van der Waals surface area contributed by atoms with E-state index in [2.05, 4.69) is 10.1 Å². The van der Waals surface area contributed by atoms with Crippen LogP contribution in [-0.4, -0.2) is 25.5 Å². The summed E-state index contributed by atoms with van der Waals surface area (Å²) in [4.78, 5) is 23.0. The molecule has 0 saturated carbocycles. The van der Waals surface area contributed by atoms with Gasteiger partial charge in [-0.3, -0.25) is 9.59 Å². The fourth-order valence-corrected chi connectivity index (χ4v) is 1.99. The molecule has 1 rings (SSSR count). The Balaban J connectivity index is 2.30. The van der Waals surface area contributed by atoms with Crippen LogP contribution in [0.2, 0.25) is 4.34 Å². The number of carbonyl (C=O) groups excluding carboxylic acids is 2. The first-order valence-electron chi connectivity index (χ1n) is 4.90. The summed E-state index contributed by atoms with van der Waals surface area (Å²) in [6.07, 6.45) is 3.24. The molecule has 92 valence electrons. The van der Waals surface area contributed by atoms with E-state index in [9.17, 15) is 9.59 Å². The summed E-state index contributed by atoms with van der Waals surface area (Å²) < 4.78 is 5.12. The number of carbonyl (C=O) groups is 2. The molecule has 6 heteroatoms. The highest BCUT2D eigenvalue weighted by Crippen LogP contribution is 2.22. The molecule has 0 aromatic carbocycles. The lowest BCUT2D eigenvalue weighted by molar-refractivity contribution is -0.140. The van der Waals surface area contributed by atoms with Crippen molar-refractivity contribution in [3.8, 4) is 0 Å². The van der Waals surface area contributed by atoms with Gasteiger partial charge in [-0.15, -0.1) is 11.3 Å². The van der Waals surface area contributed by atoms with Crippen LogP contribution in [0.15, 0.2) is 18.2 Å². The van der Waals surface area contributed by atoms with Gasteiger partial charge in [0.15, 0.2) is 0 Å². The summed E-state index contributed by atoms with van der Waals surface area (Å²) in [6.45, 7) is 0.265. The van der Waals surface area contributed by atoms with Gasteiger partial charge in [0.05, 0.1) is 17.9 Å². The Labute approximate surface area is 108 Å². The second-order valence-electron chi connectivity index (χ2n) is 3.09. The first-order chi connectivity index (χ1) is 8.11. The second kappa shape index (κ2) is 7.09. The third-order valence-electron chi connectivity index (χ3n) is 1.85. The zero-order valence-corrected chi connectivity index (χ0v) is 10.8. The molecular formula is C11H12ClNO3S. The molecule has 0 radical (unpaired) electrons. The van der Waals surface area contributed by atoms with Gasteiger partial charge in [-0.1, -0.05) is 11.6 Å². The normalized spacial score (nSPS) is 10.5. The van der Waals surface area contributed by atoms with Crippen molar-refractivity contribution in [1.29, 1.82) is 0 Å². The fraction of sp³-hybridized carbons (Fsp3) is 0.273. The van der Waals surface area contributed by atoms with Crippen molar-refractivity contribution in [2.45, 2.75) is 6.42 Å². The van der Waals surface area contributed by atoms with E-state index in [0.717, 1.165) is 4.88 Å². The summed E-state index contributed by atoms with van der Waals surface area (Å²) in [7, 11) is 1.31. The Bertz CT molecular complexity index is 428. The van der Waals surface area contributed by atoms with Gasteiger partial charge in [0.2, 0.25) is 5.91 Å². The van der Waals surface area contributed by atoms with Crippen molar-refractivity contribution >= 4 is 40.9 Å². The molecule has 0 saturated heterocycles. The summed E-state index contributed by atoms with van der Waals surface area (Å²) >= 11 is 7.13. The second-order valence-corrected chi connectivity index (χ2v) is 4.84. The monoisotopic (exact) mass is 273 g/mol. The zero-order chi connectivity index (χ0) is 12.7. The maximum Gasteiger partial charge on any atom is 0.307 e. The lowest BCUT2D eigenvalue weighted by Gasteiger charge is -2.00. The van der Waals surface area contributed by atoms with E-state index in [-0.39, 0.29) is 24.8 Å². The number of rotatable bonds is 5. The third kappa shape index (κ3) is 5.51. The average molecular weight is 274 g/mol. The lowest BCUT2D eigenvalue weighted by Crippen LogP contribution is -2.24. The van der Waals surface area contributed by atoms with E-state index in [0.29, 0.717) is 4.34 Å². The van der Waals surface area contributed by atoms with E-state index in [1.54, 1.807) is 12.1 Å². The lowest BCUT2D eigenvalue weighted by atomic mass is 10.4. The molecule has 0 aliphatic rings. The molecule has 0 atom stereocenters. The Hall–Kier alpha value is -1.33. The molecular weight excluding hydrogens is 262 g/mol. The van der Waals surface area contributed by atoms with E-state index in [4.69, 9.17) is 11.6 Å². The molecule has 1 aromatic heterocycles. The molecule has 17 heavy (non-hydrogen) atoms. The molecule has 0 aliphatic carbocycles. The maximum atomic E-state index is 11.3. The molecule has 1 heterocycles. The first-order valence-corrected chi connectivity index (χ1v) is 6.09. The topological polar surface area (TPSA) is 55.4 Å². The van der Waals surface area contributed by atoms with Gasteiger partial charge in [-0.25, -0.2) is 0 Å². The van der Waals surface area contributed by atoms with Crippen LogP contribution in [0.4, 0.5) is 0 Å². The van der Waals surface area contributed by atoms with Gasteiger partial charge in [0.25, 0.3) is 0 Å².